The molecular weight excluding hydrogens is 268 g/mol. The molecular formula is C12H16N2O2S2. The van der Waals surface area contributed by atoms with E-state index in [-0.39, 0.29) is 5.75 Å². The molecule has 0 unspecified atom stereocenters. The zero-order chi connectivity index (χ0) is 13.2. The largest absolute Gasteiger partial charge is 0.273 e. The molecule has 1 aromatic heterocycles. The van der Waals surface area contributed by atoms with Crippen LogP contribution in [0.1, 0.15) is 42.2 Å². The molecule has 1 heterocycles. The number of fused-ring (bicyclic) bond motifs is 1. The molecule has 0 radical (unpaired) electrons. The predicted octanol–water partition coefficient (Wildman–Crippen LogP) is 2.65. The van der Waals surface area contributed by atoms with Crippen LogP contribution >= 0.6 is 11.3 Å². The number of nitrogens with zero attached hydrogens (tertiary/aromatic N) is 1. The third kappa shape index (κ3) is 2.68. The first-order chi connectivity index (χ1) is 8.57. The molecule has 18 heavy (non-hydrogen) atoms. The molecule has 4 nitrogen and oxygen atoms in total. The van der Waals surface area contributed by atoms with Gasteiger partial charge in [0.15, 0.2) is 0 Å². The smallest absolute Gasteiger partial charge is 0.233 e. The molecule has 0 aromatic carbocycles. The molecule has 1 aliphatic carbocycles. The van der Waals surface area contributed by atoms with Gasteiger partial charge in [-0.2, -0.15) is 5.26 Å². The lowest BCUT2D eigenvalue weighted by Crippen LogP contribution is -2.14. The number of nitriles is 1. The van der Waals surface area contributed by atoms with Crippen LogP contribution in [-0.4, -0.2) is 14.2 Å². The van der Waals surface area contributed by atoms with Crippen molar-refractivity contribution in [2.75, 3.05) is 10.5 Å². The first-order valence-corrected chi connectivity index (χ1v) is 8.59. The van der Waals surface area contributed by atoms with E-state index in [1.54, 1.807) is 6.92 Å². The summed E-state index contributed by atoms with van der Waals surface area (Å²) in [5, 5.41) is 9.75. The zero-order valence-electron chi connectivity index (χ0n) is 10.3. The SMILES string of the molecule is CCS(=O)(=O)Nc1sc2c(c1C#N)CCCCC2. The van der Waals surface area contributed by atoms with Crippen molar-refractivity contribution in [1.29, 1.82) is 5.26 Å². The van der Waals surface area contributed by atoms with Crippen LogP contribution in [0.4, 0.5) is 5.00 Å². The highest BCUT2D eigenvalue weighted by Gasteiger charge is 2.21. The minimum Gasteiger partial charge on any atom is -0.273 e. The molecule has 0 amide bonds. The van der Waals surface area contributed by atoms with E-state index in [9.17, 15) is 13.7 Å². The maximum atomic E-state index is 11.6. The van der Waals surface area contributed by atoms with Gasteiger partial charge in [-0.15, -0.1) is 11.3 Å². The quantitative estimate of drug-likeness (QED) is 0.867. The second-order valence-corrected chi connectivity index (χ2v) is 7.50. The number of rotatable bonds is 3. The van der Waals surface area contributed by atoms with Crippen molar-refractivity contribution in [3.8, 4) is 6.07 Å². The highest BCUT2D eigenvalue weighted by molar-refractivity contribution is 7.92. The average molecular weight is 284 g/mol. The van der Waals surface area contributed by atoms with E-state index in [0.717, 1.165) is 31.2 Å². The lowest BCUT2D eigenvalue weighted by atomic mass is 10.1. The Labute approximate surface area is 112 Å². The molecule has 1 aliphatic rings. The Kier molecular flexibility index (Phi) is 3.93. The van der Waals surface area contributed by atoms with E-state index in [2.05, 4.69) is 10.8 Å². The maximum absolute atomic E-state index is 11.6. The van der Waals surface area contributed by atoms with Gasteiger partial charge in [-0.05, 0) is 38.2 Å². The summed E-state index contributed by atoms with van der Waals surface area (Å²) in [6.07, 6.45) is 5.24. The maximum Gasteiger partial charge on any atom is 0.233 e. The minimum atomic E-state index is -3.30. The van der Waals surface area contributed by atoms with Gasteiger partial charge in [0, 0.05) is 4.88 Å². The van der Waals surface area contributed by atoms with E-state index < -0.39 is 10.0 Å². The van der Waals surface area contributed by atoms with Crippen LogP contribution in [0, 0.1) is 11.3 Å². The van der Waals surface area contributed by atoms with Crippen LogP contribution in [0.15, 0.2) is 0 Å². The van der Waals surface area contributed by atoms with Crippen molar-refractivity contribution in [2.45, 2.75) is 39.0 Å². The van der Waals surface area contributed by atoms with Crippen LogP contribution in [0.3, 0.4) is 0 Å². The first kappa shape index (κ1) is 13.4. The van der Waals surface area contributed by atoms with Crippen LogP contribution in [-0.2, 0) is 22.9 Å². The molecule has 1 N–H and O–H groups in total. The Balaban J connectivity index is 2.41. The fraction of sp³-hybridized carbons (Fsp3) is 0.583. The molecule has 0 bridgehead atoms. The fourth-order valence-electron chi connectivity index (χ4n) is 2.15. The number of hydrogen-bond acceptors (Lipinski definition) is 4. The standard InChI is InChI=1S/C12H16N2O2S2/c1-2-18(15,16)14-12-10(8-13)9-6-4-3-5-7-11(9)17-12/h14H,2-7H2,1H3. The van der Waals surface area contributed by atoms with E-state index in [1.807, 2.05) is 0 Å². The second kappa shape index (κ2) is 5.29. The Morgan fingerprint density at radius 3 is 2.72 bits per heavy atom. The number of hydrogen-bond donors (Lipinski definition) is 1. The Morgan fingerprint density at radius 2 is 2.06 bits per heavy atom. The molecule has 0 spiro atoms. The molecule has 0 atom stereocenters. The Morgan fingerprint density at radius 1 is 1.33 bits per heavy atom. The van der Waals surface area contributed by atoms with Crippen LogP contribution < -0.4 is 4.72 Å². The highest BCUT2D eigenvalue weighted by Crippen LogP contribution is 2.37. The van der Waals surface area contributed by atoms with Crippen molar-refractivity contribution in [1.82, 2.24) is 0 Å². The number of anilines is 1. The highest BCUT2D eigenvalue weighted by atomic mass is 32.2. The van der Waals surface area contributed by atoms with Gasteiger partial charge in [0.1, 0.15) is 11.1 Å². The van der Waals surface area contributed by atoms with Crippen molar-refractivity contribution in [3.05, 3.63) is 16.0 Å². The summed E-state index contributed by atoms with van der Waals surface area (Å²) in [4.78, 5) is 1.18. The summed E-state index contributed by atoms with van der Waals surface area (Å²) in [5.74, 6) is 0.0282. The van der Waals surface area contributed by atoms with Gasteiger partial charge < -0.3 is 0 Å². The average Bonchev–Trinajstić information content (AvgIpc) is 2.50. The molecule has 0 fully saturated rings. The van der Waals surface area contributed by atoms with E-state index in [4.69, 9.17) is 0 Å². The third-order valence-electron chi connectivity index (χ3n) is 3.16. The van der Waals surface area contributed by atoms with E-state index >= 15 is 0 Å². The van der Waals surface area contributed by atoms with E-state index in [0.29, 0.717) is 10.6 Å². The molecule has 0 aliphatic heterocycles. The number of thiophene rings is 1. The summed E-state index contributed by atoms with van der Waals surface area (Å²) in [5.41, 5.74) is 1.60. The molecule has 1 aromatic rings. The van der Waals surface area contributed by atoms with Crippen molar-refractivity contribution in [3.63, 3.8) is 0 Å². The predicted molar refractivity (Wildman–Crippen MR) is 73.4 cm³/mol. The van der Waals surface area contributed by atoms with Crippen LogP contribution in [0.5, 0.6) is 0 Å². The third-order valence-corrected chi connectivity index (χ3v) is 5.77. The summed E-state index contributed by atoms with van der Waals surface area (Å²) >= 11 is 1.43. The molecule has 98 valence electrons. The lowest BCUT2D eigenvalue weighted by molar-refractivity contribution is 0.602. The topological polar surface area (TPSA) is 70.0 Å². The molecule has 0 saturated carbocycles. The summed E-state index contributed by atoms with van der Waals surface area (Å²) in [7, 11) is -3.30. The van der Waals surface area contributed by atoms with Gasteiger partial charge in [-0.25, -0.2) is 8.42 Å². The minimum absolute atomic E-state index is 0.0282. The molecule has 6 heteroatoms. The van der Waals surface area contributed by atoms with Crippen molar-refractivity contribution in [2.24, 2.45) is 0 Å². The van der Waals surface area contributed by atoms with Crippen molar-refractivity contribution >= 4 is 26.4 Å². The zero-order valence-corrected chi connectivity index (χ0v) is 12.0. The Hall–Kier alpha value is -1.06. The molecule has 2 rings (SSSR count). The van der Waals surface area contributed by atoms with Crippen LogP contribution in [0.25, 0.3) is 0 Å². The summed E-state index contributed by atoms with van der Waals surface area (Å²) in [6, 6.07) is 2.16. The van der Waals surface area contributed by atoms with Gasteiger partial charge in [0.25, 0.3) is 0 Å². The first-order valence-electron chi connectivity index (χ1n) is 6.12. The molecule has 0 saturated heterocycles. The normalized spacial score (nSPS) is 15.6. The van der Waals surface area contributed by atoms with Crippen LogP contribution in [0.2, 0.25) is 0 Å². The van der Waals surface area contributed by atoms with Gasteiger partial charge in [-0.3, -0.25) is 4.72 Å². The van der Waals surface area contributed by atoms with E-state index in [1.165, 1.54) is 22.6 Å². The summed E-state index contributed by atoms with van der Waals surface area (Å²) in [6.45, 7) is 1.59. The number of nitrogens with one attached hydrogen (secondary N) is 1. The van der Waals surface area contributed by atoms with Gasteiger partial charge in [-0.1, -0.05) is 6.42 Å². The lowest BCUT2D eigenvalue weighted by Gasteiger charge is -2.03. The number of aryl methyl sites for hydroxylation is 1. The summed E-state index contributed by atoms with van der Waals surface area (Å²) < 4.78 is 25.7. The fourth-order valence-corrected chi connectivity index (χ4v) is 4.31. The van der Waals surface area contributed by atoms with Gasteiger partial charge in [0.2, 0.25) is 10.0 Å². The van der Waals surface area contributed by atoms with Gasteiger partial charge >= 0.3 is 0 Å². The number of sulfonamides is 1. The van der Waals surface area contributed by atoms with Gasteiger partial charge in [0.05, 0.1) is 11.3 Å². The van der Waals surface area contributed by atoms with Crippen molar-refractivity contribution < 1.29 is 8.42 Å². The monoisotopic (exact) mass is 284 g/mol. The second-order valence-electron chi connectivity index (χ2n) is 4.39. The Bertz CT molecular complexity index is 582.